The Bertz CT molecular complexity index is 1670. The molecule has 5 rings (SSSR count). The van der Waals surface area contributed by atoms with Gasteiger partial charge in [0.05, 0.1) is 10.6 Å². The molecule has 10 nitrogen and oxygen atoms in total. The molecule has 11 heteroatoms. The molecule has 0 aliphatic carbocycles. The molecule has 0 aliphatic heterocycles. The summed E-state index contributed by atoms with van der Waals surface area (Å²) in [5.74, 6) is -0.134. The van der Waals surface area contributed by atoms with Crippen molar-refractivity contribution in [3.8, 4) is 16.9 Å². The van der Waals surface area contributed by atoms with Gasteiger partial charge in [-0.1, -0.05) is 12.1 Å². The fourth-order valence-corrected chi connectivity index (χ4v) is 3.80. The van der Waals surface area contributed by atoms with Crippen molar-refractivity contribution in [2.24, 2.45) is 14.1 Å². The summed E-state index contributed by atoms with van der Waals surface area (Å²) in [4.78, 5) is 40.6. The largest absolute Gasteiger partial charge is 0.332 e. The zero-order chi connectivity index (χ0) is 22.7. The SMILES string of the molecule is Cn1c(=O)c2c(nc3n(-c4ccc(F)cc4)c(-c4cccc([N+](=O)[O-])c4)cn23)n(C)c1=O. The molecule has 0 N–H and O–H groups in total. The summed E-state index contributed by atoms with van der Waals surface area (Å²) in [7, 11) is 2.89. The van der Waals surface area contributed by atoms with Crippen molar-refractivity contribution in [3.05, 3.63) is 91.5 Å². The second-order valence-electron chi connectivity index (χ2n) is 7.29. The molecule has 5 aromatic rings. The lowest BCUT2D eigenvalue weighted by atomic mass is 10.1. The highest BCUT2D eigenvalue weighted by molar-refractivity contribution is 5.79. The number of non-ortho nitro benzene ring substituents is 1. The van der Waals surface area contributed by atoms with Gasteiger partial charge in [-0.15, -0.1) is 0 Å². The van der Waals surface area contributed by atoms with E-state index >= 15 is 0 Å². The third-order valence-electron chi connectivity index (χ3n) is 5.40. The highest BCUT2D eigenvalue weighted by Gasteiger charge is 2.22. The summed E-state index contributed by atoms with van der Waals surface area (Å²) < 4.78 is 19.0. The molecule has 160 valence electrons. The van der Waals surface area contributed by atoms with Crippen molar-refractivity contribution >= 4 is 22.6 Å². The van der Waals surface area contributed by atoms with Crippen LogP contribution in [0.25, 0.3) is 33.9 Å². The normalized spacial score (nSPS) is 11.5. The number of hydrogen-bond donors (Lipinski definition) is 0. The number of hydrogen-bond acceptors (Lipinski definition) is 5. The van der Waals surface area contributed by atoms with Crippen molar-refractivity contribution in [2.45, 2.75) is 0 Å². The van der Waals surface area contributed by atoms with Gasteiger partial charge < -0.3 is 0 Å². The van der Waals surface area contributed by atoms with E-state index in [0.29, 0.717) is 22.7 Å². The quantitative estimate of drug-likeness (QED) is 0.320. The minimum absolute atomic E-state index is 0.102. The molecule has 3 aromatic heterocycles. The fourth-order valence-electron chi connectivity index (χ4n) is 3.80. The zero-order valence-electron chi connectivity index (χ0n) is 16.9. The van der Waals surface area contributed by atoms with Crippen LogP contribution in [0.1, 0.15) is 0 Å². The van der Waals surface area contributed by atoms with Crippen molar-refractivity contribution in [1.29, 1.82) is 0 Å². The predicted octanol–water partition coefficient (Wildman–Crippen LogP) is 2.39. The second-order valence-corrected chi connectivity index (χ2v) is 7.29. The molecule has 0 bridgehead atoms. The topological polar surface area (TPSA) is 109 Å². The van der Waals surface area contributed by atoms with Crippen LogP contribution in [0.4, 0.5) is 10.1 Å². The Hall–Kier alpha value is -4.54. The van der Waals surface area contributed by atoms with E-state index < -0.39 is 22.0 Å². The number of nitrogens with zero attached hydrogens (tertiary/aromatic N) is 6. The molecule has 0 saturated heterocycles. The van der Waals surface area contributed by atoms with Crippen LogP contribution in [0.2, 0.25) is 0 Å². The number of nitro benzene ring substituents is 1. The molecule has 0 amide bonds. The van der Waals surface area contributed by atoms with Gasteiger partial charge in [-0.2, -0.15) is 4.98 Å². The number of imidazole rings is 2. The highest BCUT2D eigenvalue weighted by atomic mass is 19.1. The van der Waals surface area contributed by atoms with Crippen molar-refractivity contribution in [1.82, 2.24) is 23.1 Å². The average Bonchev–Trinajstić information content (AvgIpc) is 3.33. The summed E-state index contributed by atoms with van der Waals surface area (Å²) in [6, 6.07) is 11.7. The van der Waals surface area contributed by atoms with Crippen LogP contribution in [0.5, 0.6) is 0 Å². The van der Waals surface area contributed by atoms with E-state index in [-0.39, 0.29) is 16.9 Å². The van der Waals surface area contributed by atoms with E-state index in [9.17, 15) is 24.1 Å². The van der Waals surface area contributed by atoms with Crippen molar-refractivity contribution < 1.29 is 9.31 Å². The Morgan fingerprint density at radius 1 is 1.03 bits per heavy atom. The number of aromatic nitrogens is 5. The lowest BCUT2D eigenvalue weighted by molar-refractivity contribution is -0.384. The first-order chi connectivity index (χ1) is 15.3. The Balaban J connectivity index is 1.94. The minimum atomic E-state index is -0.530. The number of fused-ring (bicyclic) bond motifs is 3. The Morgan fingerprint density at radius 2 is 1.75 bits per heavy atom. The van der Waals surface area contributed by atoms with E-state index in [1.165, 1.54) is 59.5 Å². The molecular weight excluding hydrogens is 419 g/mol. The third-order valence-corrected chi connectivity index (χ3v) is 5.40. The van der Waals surface area contributed by atoms with Gasteiger partial charge in [-0.05, 0) is 24.3 Å². The van der Waals surface area contributed by atoms with E-state index in [4.69, 9.17) is 0 Å². The van der Waals surface area contributed by atoms with E-state index in [0.717, 1.165) is 4.57 Å². The van der Waals surface area contributed by atoms with E-state index in [1.807, 2.05) is 0 Å². The zero-order valence-corrected chi connectivity index (χ0v) is 16.9. The van der Waals surface area contributed by atoms with Crippen LogP contribution < -0.4 is 11.2 Å². The van der Waals surface area contributed by atoms with Crippen LogP contribution >= 0.6 is 0 Å². The van der Waals surface area contributed by atoms with E-state index in [1.54, 1.807) is 22.9 Å². The van der Waals surface area contributed by atoms with Crippen LogP contribution in [0.15, 0.2) is 64.3 Å². The van der Waals surface area contributed by atoms with Crippen molar-refractivity contribution in [3.63, 3.8) is 0 Å². The summed E-state index contributed by atoms with van der Waals surface area (Å²) in [5, 5.41) is 11.3. The van der Waals surface area contributed by atoms with Gasteiger partial charge in [0.25, 0.3) is 11.2 Å². The summed E-state index contributed by atoms with van der Waals surface area (Å²) in [5.41, 5.74) is 0.749. The summed E-state index contributed by atoms with van der Waals surface area (Å²) in [6.45, 7) is 0. The maximum atomic E-state index is 13.6. The summed E-state index contributed by atoms with van der Waals surface area (Å²) >= 11 is 0. The third kappa shape index (κ3) is 2.68. The van der Waals surface area contributed by atoms with Crippen LogP contribution in [0, 0.1) is 15.9 Å². The minimum Gasteiger partial charge on any atom is -0.279 e. The molecule has 0 aliphatic rings. The Labute approximate surface area is 178 Å². The monoisotopic (exact) mass is 434 g/mol. The number of nitro groups is 1. The van der Waals surface area contributed by atoms with Crippen LogP contribution in [0.3, 0.4) is 0 Å². The van der Waals surface area contributed by atoms with Gasteiger partial charge in [0.2, 0.25) is 5.78 Å². The van der Waals surface area contributed by atoms with Gasteiger partial charge in [-0.3, -0.25) is 33.0 Å². The molecule has 32 heavy (non-hydrogen) atoms. The number of rotatable bonds is 3. The van der Waals surface area contributed by atoms with Gasteiger partial charge in [0.1, 0.15) is 5.82 Å². The first kappa shape index (κ1) is 19.4. The number of aryl methyl sites for hydroxylation is 1. The first-order valence-corrected chi connectivity index (χ1v) is 9.48. The highest BCUT2D eigenvalue weighted by Crippen LogP contribution is 2.30. The Kier molecular flexibility index (Phi) is 4.09. The molecule has 2 aromatic carbocycles. The van der Waals surface area contributed by atoms with Gasteiger partial charge in [0.15, 0.2) is 11.2 Å². The molecule has 0 unspecified atom stereocenters. The lowest BCUT2D eigenvalue weighted by Gasteiger charge is -2.09. The predicted molar refractivity (Wildman–Crippen MR) is 115 cm³/mol. The molecule has 3 heterocycles. The standard InChI is InChI=1S/C21H15FN6O4/c1-24-18-17(19(29)25(2)21(24)30)26-11-16(12-4-3-5-15(10-12)28(31)32)27(20(26)23-18)14-8-6-13(22)7-9-14/h3-11H,1-2H3. The smallest absolute Gasteiger partial charge is 0.279 e. The van der Waals surface area contributed by atoms with Crippen LogP contribution in [-0.4, -0.2) is 28.0 Å². The summed E-state index contributed by atoms with van der Waals surface area (Å²) in [6.07, 6.45) is 1.62. The lowest BCUT2D eigenvalue weighted by Crippen LogP contribution is -2.37. The number of benzene rings is 2. The maximum absolute atomic E-state index is 13.6. The molecule has 0 saturated carbocycles. The number of halogens is 1. The Morgan fingerprint density at radius 3 is 2.44 bits per heavy atom. The molecular formula is C21H15FN6O4. The second kappa shape index (κ2) is 6.74. The van der Waals surface area contributed by atoms with Gasteiger partial charge in [-0.25, -0.2) is 9.18 Å². The van der Waals surface area contributed by atoms with E-state index in [2.05, 4.69) is 4.98 Å². The maximum Gasteiger partial charge on any atom is 0.332 e. The first-order valence-electron chi connectivity index (χ1n) is 9.48. The fraction of sp³-hybridized carbons (Fsp3) is 0.0952. The molecule has 0 fully saturated rings. The molecule has 0 radical (unpaired) electrons. The molecule has 0 spiro atoms. The average molecular weight is 434 g/mol. The van der Waals surface area contributed by atoms with Gasteiger partial charge >= 0.3 is 5.69 Å². The molecule has 0 atom stereocenters. The van der Waals surface area contributed by atoms with Gasteiger partial charge in [0, 0.05) is 43.7 Å². The van der Waals surface area contributed by atoms with Crippen LogP contribution in [-0.2, 0) is 14.1 Å². The van der Waals surface area contributed by atoms with Crippen molar-refractivity contribution in [2.75, 3.05) is 0 Å².